The summed E-state index contributed by atoms with van der Waals surface area (Å²) in [6, 6.07) is 9.53. The van der Waals surface area contributed by atoms with Crippen LogP contribution in [-0.4, -0.2) is 48.4 Å². The number of nitrogens with zero attached hydrogens (tertiary/aromatic N) is 1. The Morgan fingerprint density at radius 3 is 2.68 bits per heavy atom. The second-order valence-corrected chi connectivity index (χ2v) is 7.88. The molecule has 2 unspecified atom stereocenters. The molecule has 1 aromatic heterocycles. The Balaban J connectivity index is 1.95. The van der Waals surface area contributed by atoms with Crippen molar-refractivity contribution >= 4 is 16.5 Å². The molecule has 0 saturated carbocycles. The van der Waals surface area contributed by atoms with Gasteiger partial charge in [0.1, 0.15) is 6.10 Å². The maximum absolute atomic E-state index is 14.0. The number of hydrogen-bond donors (Lipinski definition) is 1. The Morgan fingerprint density at radius 1 is 1.19 bits per heavy atom. The van der Waals surface area contributed by atoms with Crippen LogP contribution in [0.2, 0.25) is 0 Å². The van der Waals surface area contributed by atoms with Crippen molar-refractivity contribution in [2.24, 2.45) is 0 Å². The Labute approximate surface area is 181 Å². The van der Waals surface area contributed by atoms with Gasteiger partial charge in [-0.2, -0.15) is 13.2 Å². The molecule has 0 amide bonds. The summed E-state index contributed by atoms with van der Waals surface area (Å²) in [5.41, 5.74) is 1.12. The second-order valence-electron chi connectivity index (χ2n) is 7.88. The first-order valence-corrected chi connectivity index (χ1v) is 10.7. The lowest BCUT2D eigenvalue weighted by Gasteiger charge is -2.26. The third kappa shape index (κ3) is 5.79. The minimum Gasteiger partial charge on any atom is -0.388 e. The lowest BCUT2D eigenvalue weighted by Crippen LogP contribution is -2.28. The normalized spacial score (nSPS) is 18.2. The van der Waals surface area contributed by atoms with Gasteiger partial charge in [0, 0.05) is 47.8 Å². The van der Waals surface area contributed by atoms with Crippen LogP contribution in [0.15, 0.2) is 48.1 Å². The van der Waals surface area contributed by atoms with E-state index in [1.807, 2.05) is 34.9 Å². The molecular weight excluding hydrogens is 407 g/mol. The summed E-state index contributed by atoms with van der Waals surface area (Å²) < 4.78 is 54.5. The summed E-state index contributed by atoms with van der Waals surface area (Å²) in [4.78, 5) is 0. The van der Waals surface area contributed by atoms with Crippen molar-refractivity contribution in [1.29, 1.82) is 0 Å². The van der Waals surface area contributed by atoms with Gasteiger partial charge in [-0.15, -0.1) is 0 Å². The van der Waals surface area contributed by atoms with Gasteiger partial charge in [0.15, 0.2) is 0 Å². The monoisotopic (exact) mass is 437 g/mol. The molecule has 31 heavy (non-hydrogen) atoms. The van der Waals surface area contributed by atoms with Crippen LogP contribution in [0.1, 0.15) is 38.3 Å². The zero-order valence-corrected chi connectivity index (χ0v) is 18.0. The number of aliphatic hydroxyl groups is 1. The van der Waals surface area contributed by atoms with E-state index in [4.69, 9.17) is 9.47 Å². The number of unbranched alkanes of at least 4 members (excludes halogenated alkanes) is 2. The molecule has 0 bridgehead atoms. The van der Waals surface area contributed by atoms with Crippen LogP contribution in [0.25, 0.3) is 16.5 Å². The summed E-state index contributed by atoms with van der Waals surface area (Å²) in [6.45, 7) is 2.76. The van der Waals surface area contributed by atoms with E-state index in [2.05, 4.69) is 6.92 Å². The Morgan fingerprint density at radius 2 is 1.97 bits per heavy atom. The predicted octanol–water partition coefficient (Wildman–Crippen LogP) is 5.50. The number of aromatic nitrogens is 1. The molecule has 0 fully saturated rings. The number of ether oxygens (including phenoxy) is 2. The molecule has 4 nitrogen and oxygen atoms in total. The molecule has 7 heteroatoms. The topological polar surface area (TPSA) is 43.6 Å². The number of alkyl halides is 3. The average molecular weight is 438 g/mol. The number of aliphatic hydroxyl groups excluding tert-OH is 1. The van der Waals surface area contributed by atoms with E-state index in [0.29, 0.717) is 12.2 Å². The number of fused-ring (bicyclic) bond motifs is 1. The van der Waals surface area contributed by atoms with Gasteiger partial charge in [-0.1, -0.05) is 50.1 Å². The fourth-order valence-corrected chi connectivity index (χ4v) is 3.98. The number of benzene rings is 1. The molecule has 0 spiro atoms. The van der Waals surface area contributed by atoms with E-state index in [1.165, 1.54) is 13.2 Å². The summed E-state index contributed by atoms with van der Waals surface area (Å²) in [7, 11) is 1.44. The van der Waals surface area contributed by atoms with Crippen molar-refractivity contribution in [3.8, 4) is 0 Å². The molecule has 3 rings (SSSR count). The highest BCUT2D eigenvalue weighted by Gasteiger charge is 2.39. The zero-order valence-electron chi connectivity index (χ0n) is 18.0. The first-order valence-electron chi connectivity index (χ1n) is 10.7. The van der Waals surface area contributed by atoms with Crippen molar-refractivity contribution < 1.29 is 27.8 Å². The Bertz CT molecular complexity index is 930. The Hall–Kier alpha value is -2.09. The number of halogens is 3. The van der Waals surface area contributed by atoms with Gasteiger partial charge in [-0.05, 0) is 18.6 Å². The van der Waals surface area contributed by atoms with E-state index in [9.17, 15) is 18.3 Å². The van der Waals surface area contributed by atoms with E-state index in [0.717, 1.165) is 30.2 Å². The van der Waals surface area contributed by atoms with E-state index < -0.39 is 24.0 Å². The molecule has 0 saturated heterocycles. The highest BCUT2D eigenvalue weighted by molar-refractivity contribution is 5.89. The van der Waals surface area contributed by atoms with Gasteiger partial charge in [-0.25, -0.2) is 0 Å². The number of hydrogen-bond acceptors (Lipinski definition) is 3. The third-order valence-electron chi connectivity index (χ3n) is 5.48. The molecule has 0 radical (unpaired) electrons. The van der Waals surface area contributed by atoms with Crippen LogP contribution in [0.3, 0.4) is 0 Å². The van der Waals surface area contributed by atoms with Crippen molar-refractivity contribution in [3.63, 3.8) is 0 Å². The van der Waals surface area contributed by atoms with Crippen LogP contribution < -0.4 is 0 Å². The standard InChI is InChI=1S/C24H30F3NO3/c1-3-4-7-12-28-22-9-6-5-8-17(22)13-23(28)20-11-10-19(14-21(20)24(25,26)27)31-16-18(29)15-30-2/h5-6,8-11,13,18-19,29H,3-4,7,12,14-16H2,1-2H3. The first kappa shape index (κ1) is 23.6. The van der Waals surface area contributed by atoms with Crippen LogP contribution in [0.5, 0.6) is 0 Å². The van der Waals surface area contributed by atoms with Gasteiger partial charge < -0.3 is 19.1 Å². The number of para-hydroxylation sites is 1. The van der Waals surface area contributed by atoms with Crippen molar-refractivity contribution in [2.75, 3.05) is 20.3 Å². The largest absolute Gasteiger partial charge is 0.413 e. The number of allylic oxidation sites excluding steroid dienone is 2. The Kier molecular flexibility index (Phi) is 7.97. The van der Waals surface area contributed by atoms with Gasteiger partial charge >= 0.3 is 6.18 Å². The average Bonchev–Trinajstić information content (AvgIpc) is 3.10. The minimum absolute atomic E-state index is 0.0709. The second kappa shape index (κ2) is 10.5. The molecule has 170 valence electrons. The van der Waals surface area contributed by atoms with E-state index in [1.54, 1.807) is 6.08 Å². The minimum atomic E-state index is -4.47. The van der Waals surface area contributed by atoms with Crippen LogP contribution in [0, 0.1) is 0 Å². The molecule has 2 aromatic rings. The number of aryl methyl sites for hydroxylation is 1. The first-order chi connectivity index (χ1) is 14.8. The predicted molar refractivity (Wildman–Crippen MR) is 116 cm³/mol. The smallest absolute Gasteiger partial charge is 0.388 e. The van der Waals surface area contributed by atoms with E-state index in [-0.39, 0.29) is 25.2 Å². The lowest BCUT2D eigenvalue weighted by atomic mass is 9.93. The van der Waals surface area contributed by atoms with Crippen LogP contribution >= 0.6 is 0 Å². The van der Waals surface area contributed by atoms with Crippen molar-refractivity contribution in [3.05, 3.63) is 53.8 Å². The van der Waals surface area contributed by atoms with E-state index >= 15 is 0 Å². The fraction of sp³-hybridized carbons (Fsp3) is 0.500. The number of methoxy groups -OCH3 is 1. The summed E-state index contributed by atoms with van der Waals surface area (Å²) in [5, 5.41) is 10.7. The lowest BCUT2D eigenvalue weighted by molar-refractivity contribution is -0.0987. The molecule has 1 aromatic carbocycles. The highest BCUT2D eigenvalue weighted by atomic mass is 19.4. The molecule has 1 heterocycles. The van der Waals surface area contributed by atoms with Gasteiger partial charge in [-0.3, -0.25) is 0 Å². The molecule has 1 aliphatic rings. The quantitative estimate of drug-likeness (QED) is 0.499. The fourth-order valence-electron chi connectivity index (χ4n) is 3.98. The summed E-state index contributed by atoms with van der Waals surface area (Å²) >= 11 is 0. The zero-order chi connectivity index (χ0) is 22.4. The third-order valence-corrected chi connectivity index (χ3v) is 5.48. The molecular formula is C24H30F3NO3. The number of rotatable bonds is 10. The van der Waals surface area contributed by atoms with Crippen molar-refractivity contribution in [1.82, 2.24) is 4.57 Å². The van der Waals surface area contributed by atoms with Crippen LogP contribution in [-0.2, 0) is 16.0 Å². The highest BCUT2D eigenvalue weighted by Crippen LogP contribution is 2.40. The van der Waals surface area contributed by atoms with Crippen molar-refractivity contribution in [2.45, 2.75) is 57.5 Å². The molecule has 0 aliphatic heterocycles. The summed E-state index contributed by atoms with van der Waals surface area (Å²) in [6.07, 6.45) is -0.246. The SMILES string of the molecule is CCCCCn1c(C2=C(C(F)(F)F)CC(OCC(O)COC)C=C2)cc2ccccc21. The van der Waals surface area contributed by atoms with Gasteiger partial charge in [0.25, 0.3) is 0 Å². The summed E-state index contributed by atoms with van der Waals surface area (Å²) in [5.74, 6) is 0. The maximum Gasteiger partial charge on any atom is 0.413 e. The van der Waals surface area contributed by atoms with Gasteiger partial charge in [0.05, 0.1) is 19.3 Å². The maximum atomic E-state index is 14.0. The van der Waals surface area contributed by atoms with Gasteiger partial charge in [0.2, 0.25) is 0 Å². The van der Waals surface area contributed by atoms with Crippen LogP contribution in [0.4, 0.5) is 13.2 Å². The molecule has 1 N–H and O–H groups in total. The molecule has 1 aliphatic carbocycles. The molecule has 2 atom stereocenters.